The first kappa shape index (κ1) is 21.2. The largest absolute Gasteiger partial charge is 0.506 e. The van der Waals surface area contributed by atoms with Gasteiger partial charge >= 0.3 is 0 Å². The van der Waals surface area contributed by atoms with E-state index >= 15 is 0 Å². The fraction of sp³-hybridized carbons (Fsp3) is 0.0500. The Bertz CT molecular complexity index is 1200. The Morgan fingerprint density at radius 2 is 1.76 bits per heavy atom. The fourth-order valence-electron chi connectivity index (χ4n) is 2.54. The molecule has 0 aromatic heterocycles. The topological polar surface area (TPSA) is 95.5 Å². The summed E-state index contributed by atoms with van der Waals surface area (Å²) >= 11 is 9.42. The molecule has 0 heterocycles. The molecule has 0 spiro atoms. The number of carbonyl (C=O) groups excluding carboxylic acids is 1. The molecule has 3 aromatic rings. The molecule has 9 heteroatoms. The molecule has 150 valence electrons. The lowest BCUT2D eigenvalue weighted by Crippen LogP contribution is -2.16. The summed E-state index contributed by atoms with van der Waals surface area (Å²) in [6, 6.07) is 15.3. The highest BCUT2D eigenvalue weighted by atomic mass is 79.9. The second-order valence-corrected chi connectivity index (χ2v) is 9.15. The molecule has 0 unspecified atom stereocenters. The normalized spacial score (nSPS) is 11.1. The summed E-state index contributed by atoms with van der Waals surface area (Å²) in [5.41, 5.74) is 1.40. The monoisotopic (exact) mass is 494 g/mol. The van der Waals surface area contributed by atoms with Crippen LogP contribution in [-0.2, 0) is 10.0 Å². The van der Waals surface area contributed by atoms with Gasteiger partial charge in [0.15, 0.2) is 0 Å². The lowest BCUT2D eigenvalue weighted by atomic mass is 10.2. The van der Waals surface area contributed by atoms with Crippen LogP contribution in [0.3, 0.4) is 0 Å². The summed E-state index contributed by atoms with van der Waals surface area (Å²) in [7, 11) is -3.97. The van der Waals surface area contributed by atoms with Crippen LogP contribution in [-0.4, -0.2) is 19.4 Å². The Morgan fingerprint density at radius 1 is 1.03 bits per heavy atom. The number of benzene rings is 3. The molecule has 3 rings (SSSR count). The fourth-order valence-corrected chi connectivity index (χ4v) is 4.31. The molecule has 0 aliphatic rings. The number of carbonyl (C=O) groups is 1. The molecule has 0 fully saturated rings. The molecule has 0 radical (unpaired) electrons. The summed E-state index contributed by atoms with van der Waals surface area (Å²) in [6.45, 7) is 1.84. The van der Waals surface area contributed by atoms with Gasteiger partial charge in [-0.15, -0.1) is 0 Å². The van der Waals surface area contributed by atoms with Crippen molar-refractivity contribution in [2.75, 3.05) is 10.0 Å². The van der Waals surface area contributed by atoms with E-state index in [2.05, 4.69) is 26.0 Å². The van der Waals surface area contributed by atoms with Crippen molar-refractivity contribution < 1.29 is 18.3 Å². The number of sulfonamides is 1. The van der Waals surface area contributed by atoms with Crippen LogP contribution >= 0.6 is 27.5 Å². The van der Waals surface area contributed by atoms with E-state index in [0.717, 1.165) is 5.56 Å². The molecule has 3 N–H and O–H groups in total. The molecule has 0 aliphatic carbocycles. The third-order valence-electron chi connectivity index (χ3n) is 4.01. The number of aryl methyl sites for hydroxylation is 1. The van der Waals surface area contributed by atoms with Crippen molar-refractivity contribution in [1.29, 1.82) is 0 Å². The van der Waals surface area contributed by atoms with Gasteiger partial charge in [-0.05, 0) is 70.9 Å². The summed E-state index contributed by atoms with van der Waals surface area (Å²) in [4.78, 5) is 12.5. The van der Waals surface area contributed by atoms with Crippen molar-refractivity contribution in [1.82, 2.24) is 0 Å². The van der Waals surface area contributed by atoms with E-state index in [1.54, 1.807) is 24.3 Å². The Balaban J connectivity index is 1.92. The molecule has 0 aliphatic heterocycles. The summed E-state index contributed by atoms with van der Waals surface area (Å²) in [5.74, 6) is -0.767. The number of aromatic hydroxyl groups is 1. The summed E-state index contributed by atoms with van der Waals surface area (Å²) in [6.07, 6.45) is 0. The van der Waals surface area contributed by atoms with E-state index in [4.69, 9.17) is 11.6 Å². The zero-order chi connectivity index (χ0) is 21.2. The van der Waals surface area contributed by atoms with E-state index < -0.39 is 15.9 Å². The average Bonchev–Trinajstić information content (AvgIpc) is 2.66. The zero-order valence-electron chi connectivity index (χ0n) is 15.1. The quantitative estimate of drug-likeness (QED) is 0.426. The van der Waals surface area contributed by atoms with Crippen molar-refractivity contribution in [3.05, 3.63) is 81.3 Å². The number of hydrogen-bond donors (Lipinski definition) is 3. The van der Waals surface area contributed by atoms with Crippen molar-refractivity contribution in [3.63, 3.8) is 0 Å². The van der Waals surface area contributed by atoms with Crippen molar-refractivity contribution in [3.8, 4) is 5.75 Å². The van der Waals surface area contributed by atoms with Gasteiger partial charge in [-0.25, -0.2) is 8.42 Å². The second-order valence-electron chi connectivity index (χ2n) is 6.20. The van der Waals surface area contributed by atoms with Gasteiger partial charge < -0.3 is 10.4 Å². The molecule has 29 heavy (non-hydrogen) atoms. The van der Waals surface area contributed by atoms with E-state index in [1.165, 1.54) is 30.3 Å². The van der Waals surface area contributed by atoms with Crippen LogP contribution in [0.2, 0.25) is 5.02 Å². The number of nitrogens with one attached hydrogen (secondary N) is 2. The molecular weight excluding hydrogens is 480 g/mol. The lowest BCUT2D eigenvalue weighted by Gasteiger charge is -2.13. The van der Waals surface area contributed by atoms with E-state index in [9.17, 15) is 18.3 Å². The first-order valence-corrected chi connectivity index (χ1v) is 11.0. The van der Waals surface area contributed by atoms with E-state index in [0.29, 0.717) is 10.2 Å². The maximum atomic E-state index is 12.8. The third kappa shape index (κ3) is 4.90. The van der Waals surface area contributed by atoms with Gasteiger partial charge in [0, 0.05) is 4.47 Å². The number of phenolic OH excluding ortho intramolecular Hbond substituents is 1. The number of amides is 1. The van der Waals surface area contributed by atoms with Crippen LogP contribution in [0.5, 0.6) is 5.75 Å². The first-order chi connectivity index (χ1) is 13.7. The number of phenols is 1. The SMILES string of the molecule is Cc1ccc(Br)c(NS(=O)(=O)c2ccc(Cl)c(C(=O)Nc3ccccc3O)c2)c1. The number of halogens is 2. The van der Waals surface area contributed by atoms with Gasteiger partial charge in [-0.2, -0.15) is 0 Å². The average molecular weight is 496 g/mol. The molecule has 1 amide bonds. The van der Waals surface area contributed by atoms with Gasteiger partial charge in [0.1, 0.15) is 5.75 Å². The highest BCUT2D eigenvalue weighted by Gasteiger charge is 2.20. The van der Waals surface area contributed by atoms with Gasteiger partial charge in [0.25, 0.3) is 15.9 Å². The Morgan fingerprint density at radius 3 is 2.48 bits per heavy atom. The van der Waals surface area contributed by atoms with Gasteiger partial charge in [0.05, 0.1) is 26.9 Å². The number of para-hydroxylation sites is 2. The standard InChI is InChI=1S/C20H16BrClN2O4S/c1-12-6-8-15(21)18(10-12)24-29(27,28)13-7-9-16(22)14(11-13)20(26)23-17-4-2-3-5-19(17)25/h2-11,24-25H,1H3,(H,23,26). The zero-order valence-corrected chi connectivity index (χ0v) is 18.3. The van der Waals surface area contributed by atoms with Crippen LogP contribution in [0.25, 0.3) is 0 Å². The van der Waals surface area contributed by atoms with Crippen molar-refractivity contribution >= 4 is 54.8 Å². The first-order valence-electron chi connectivity index (χ1n) is 8.35. The molecular formula is C20H16BrClN2O4S. The number of anilines is 2. The highest BCUT2D eigenvalue weighted by Crippen LogP contribution is 2.28. The predicted octanol–water partition coefficient (Wildman–Crippen LogP) is 5.17. The van der Waals surface area contributed by atoms with Crippen molar-refractivity contribution in [2.24, 2.45) is 0 Å². The second kappa shape index (κ2) is 8.44. The van der Waals surface area contributed by atoms with Gasteiger partial charge in [-0.3, -0.25) is 9.52 Å². The minimum absolute atomic E-state index is 0.0406. The molecule has 0 bridgehead atoms. The summed E-state index contributed by atoms with van der Waals surface area (Å²) < 4.78 is 28.7. The van der Waals surface area contributed by atoms with Crippen LogP contribution < -0.4 is 10.0 Å². The maximum Gasteiger partial charge on any atom is 0.261 e. The third-order valence-corrected chi connectivity index (χ3v) is 6.40. The molecule has 0 atom stereocenters. The minimum atomic E-state index is -3.97. The maximum absolute atomic E-state index is 12.8. The smallest absolute Gasteiger partial charge is 0.261 e. The number of rotatable bonds is 5. The Labute approximate surface area is 181 Å². The van der Waals surface area contributed by atoms with Crippen LogP contribution in [0, 0.1) is 6.92 Å². The lowest BCUT2D eigenvalue weighted by molar-refractivity contribution is 0.102. The van der Waals surface area contributed by atoms with Crippen molar-refractivity contribution in [2.45, 2.75) is 11.8 Å². The van der Waals surface area contributed by atoms with Gasteiger partial charge in [0.2, 0.25) is 0 Å². The predicted molar refractivity (Wildman–Crippen MR) is 117 cm³/mol. The molecule has 6 nitrogen and oxygen atoms in total. The van der Waals surface area contributed by atoms with Crippen LogP contribution in [0.1, 0.15) is 15.9 Å². The van der Waals surface area contributed by atoms with E-state index in [1.807, 2.05) is 13.0 Å². The van der Waals surface area contributed by atoms with E-state index in [-0.39, 0.29) is 26.9 Å². The Kier molecular flexibility index (Phi) is 6.16. The summed E-state index contributed by atoms with van der Waals surface area (Å²) in [5, 5.41) is 12.4. The minimum Gasteiger partial charge on any atom is -0.506 e. The van der Waals surface area contributed by atoms with Gasteiger partial charge in [-0.1, -0.05) is 29.8 Å². The Hall–Kier alpha value is -2.55. The van der Waals surface area contributed by atoms with Crippen LogP contribution in [0.15, 0.2) is 70.0 Å². The highest BCUT2D eigenvalue weighted by molar-refractivity contribution is 9.10. The molecule has 0 saturated carbocycles. The van der Waals surface area contributed by atoms with Crippen LogP contribution in [0.4, 0.5) is 11.4 Å². The molecule has 3 aromatic carbocycles. The number of hydrogen-bond acceptors (Lipinski definition) is 4. The molecule has 0 saturated heterocycles.